The quantitative estimate of drug-likeness (QED) is 0.515. The summed E-state index contributed by atoms with van der Waals surface area (Å²) in [5.74, 6) is -0.251. The SMILES string of the molecule is CCOC(=O)c1c(NC(=O)COc2ccccc2C(C)C)sc(C(C)=O)c1C. The molecular formula is C21H25NO5S. The number of Topliss-reactive ketones (excluding diaryl/α,β-unsaturated/α-hetero) is 1. The van der Waals surface area contributed by atoms with Crippen molar-refractivity contribution < 1.29 is 23.9 Å². The lowest BCUT2D eigenvalue weighted by atomic mass is 10.0. The molecule has 150 valence electrons. The maximum atomic E-state index is 12.4. The summed E-state index contributed by atoms with van der Waals surface area (Å²) in [7, 11) is 0. The first-order chi connectivity index (χ1) is 13.3. The van der Waals surface area contributed by atoms with Gasteiger partial charge in [-0.1, -0.05) is 32.0 Å². The second-order valence-corrected chi connectivity index (χ2v) is 7.59. The van der Waals surface area contributed by atoms with Gasteiger partial charge in [-0.2, -0.15) is 0 Å². The molecule has 1 N–H and O–H groups in total. The van der Waals surface area contributed by atoms with Crippen molar-refractivity contribution in [2.45, 2.75) is 40.5 Å². The smallest absolute Gasteiger partial charge is 0.341 e. The van der Waals surface area contributed by atoms with Crippen molar-refractivity contribution in [3.63, 3.8) is 0 Å². The van der Waals surface area contributed by atoms with Gasteiger partial charge in [-0.25, -0.2) is 4.79 Å². The number of carbonyl (C=O) groups excluding carboxylic acids is 3. The van der Waals surface area contributed by atoms with Crippen LogP contribution in [0.3, 0.4) is 0 Å². The van der Waals surface area contributed by atoms with Crippen molar-refractivity contribution in [3.05, 3.63) is 45.8 Å². The van der Waals surface area contributed by atoms with Gasteiger partial charge in [-0.3, -0.25) is 9.59 Å². The van der Waals surface area contributed by atoms with E-state index >= 15 is 0 Å². The molecule has 0 saturated heterocycles. The highest BCUT2D eigenvalue weighted by atomic mass is 32.1. The zero-order chi connectivity index (χ0) is 20.8. The van der Waals surface area contributed by atoms with Gasteiger partial charge < -0.3 is 14.8 Å². The molecule has 0 saturated carbocycles. The van der Waals surface area contributed by atoms with E-state index in [1.54, 1.807) is 13.8 Å². The Bertz CT molecular complexity index is 885. The van der Waals surface area contributed by atoms with Crippen LogP contribution in [0.15, 0.2) is 24.3 Å². The summed E-state index contributed by atoms with van der Waals surface area (Å²) in [6.45, 7) is 8.88. The fourth-order valence-corrected chi connectivity index (χ4v) is 3.89. The van der Waals surface area contributed by atoms with Gasteiger partial charge in [-0.05, 0) is 43.9 Å². The van der Waals surface area contributed by atoms with Crippen molar-refractivity contribution in [3.8, 4) is 5.75 Å². The van der Waals surface area contributed by atoms with E-state index in [0.29, 0.717) is 21.2 Å². The van der Waals surface area contributed by atoms with Gasteiger partial charge >= 0.3 is 5.97 Å². The number of hydrogen-bond acceptors (Lipinski definition) is 6. The monoisotopic (exact) mass is 403 g/mol. The van der Waals surface area contributed by atoms with Gasteiger partial charge in [0.05, 0.1) is 17.0 Å². The van der Waals surface area contributed by atoms with Crippen LogP contribution in [-0.4, -0.2) is 30.9 Å². The van der Waals surface area contributed by atoms with Crippen LogP contribution in [0.4, 0.5) is 5.00 Å². The Morgan fingerprint density at radius 1 is 1.18 bits per heavy atom. The predicted molar refractivity (Wildman–Crippen MR) is 110 cm³/mol. The summed E-state index contributed by atoms with van der Waals surface area (Å²) >= 11 is 1.07. The summed E-state index contributed by atoms with van der Waals surface area (Å²) in [6.07, 6.45) is 0. The van der Waals surface area contributed by atoms with E-state index in [2.05, 4.69) is 5.32 Å². The molecule has 0 spiro atoms. The summed E-state index contributed by atoms with van der Waals surface area (Å²) in [5, 5.41) is 2.98. The van der Waals surface area contributed by atoms with Crippen LogP contribution in [-0.2, 0) is 9.53 Å². The number of nitrogens with one attached hydrogen (secondary N) is 1. The number of anilines is 1. The first-order valence-electron chi connectivity index (χ1n) is 9.09. The predicted octanol–water partition coefficient (Wildman–Crippen LogP) is 4.58. The number of ketones is 1. The first-order valence-corrected chi connectivity index (χ1v) is 9.90. The summed E-state index contributed by atoms with van der Waals surface area (Å²) in [4.78, 5) is 37.0. The molecule has 0 atom stereocenters. The Morgan fingerprint density at radius 3 is 2.46 bits per heavy atom. The average Bonchev–Trinajstić information content (AvgIpc) is 2.96. The normalized spacial score (nSPS) is 10.6. The molecule has 0 aliphatic carbocycles. The molecule has 2 aromatic rings. The standard InChI is InChI=1S/C21H25NO5S/c1-6-26-21(25)18-13(4)19(14(5)23)28-20(18)22-17(24)11-27-16-10-8-7-9-15(16)12(2)3/h7-10,12H,6,11H2,1-5H3,(H,22,24). The second-order valence-electron chi connectivity index (χ2n) is 6.57. The van der Waals surface area contributed by atoms with E-state index in [0.717, 1.165) is 16.9 Å². The van der Waals surface area contributed by atoms with Gasteiger partial charge in [0.25, 0.3) is 5.91 Å². The number of para-hydroxylation sites is 1. The van der Waals surface area contributed by atoms with E-state index < -0.39 is 11.9 Å². The van der Waals surface area contributed by atoms with Gasteiger partial charge in [0.2, 0.25) is 0 Å². The molecule has 0 bridgehead atoms. The third-order valence-corrected chi connectivity index (χ3v) is 5.41. The third kappa shape index (κ3) is 4.98. The maximum absolute atomic E-state index is 12.4. The lowest BCUT2D eigenvalue weighted by molar-refractivity contribution is -0.118. The first kappa shape index (κ1) is 21.6. The number of carbonyl (C=O) groups is 3. The maximum Gasteiger partial charge on any atom is 0.341 e. The van der Waals surface area contributed by atoms with Gasteiger partial charge in [0.1, 0.15) is 10.8 Å². The molecule has 1 heterocycles. The highest BCUT2D eigenvalue weighted by Crippen LogP contribution is 2.34. The molecule has 28 heavy (non-hydrogen) atoms. The van der Waals surface area contributed by atoms with Crippen molar-refractivity contribution in [2.75, 3.05) is 18.5 Å². The van der Waals surface area contributed by atoms with Gasteiger partial charge in [-0.15, -0.1) is 11.3 Å². The van der Waals surface area contributed by atoms with Crippen LogP contribution in [0.5, 0.6) is 5.75 Å². The molecule has 1 amide bonds. The third-order valence-electron chi connectivity index (χ3n) is 4.10. The number of rotatable bonds is 8. The molecule has 6 nitrogen and oxygen atoms in total. The van der Waals surface area contributed by atoms with Crippen molar-refractivity contribution in [1.82, 2.24) is 0 Å². The van der Waals surface area contributed by atoms with E-state index in [1.807, 2.05) is 38.1 Å². The molecule has 0 fully saturated rings. The topological polar surface area (TPSA) is 81.7 Å². The lowest BCUT2D eigenvalue weighted by Crippen LogP contribution is -2.21. The molecular weight excluding hydrogens is 378 g/mol. The van der Waals surface area contributed by atoms with Crippen LogP contribution >= 0.6 is 11.3 Å². The van der Waals surface area contributed by atoms with E-state index in [9.17, 15) is 14.4 Å². The molecule has 0 aliphatic heterocycles. The van der Waals surface area contributed by atoms with Crippen molar-refractivity contribution in [2.24, 2.45) is 0 Å². The molecule has 7 heteroatoms. The largest absolute Gasteiger partial charge is 0.483 e. The van der Waals surface area contributed by atoms with Gasteiger partial charge in [0.15, 0.2) is 12.4 Å². The van der Waals surface area contributed by atoms with Crippen molar-refractivity contribution >= 4 is 34.0 Å². The lowest BCUT2D eigenvalue weighted by Gasteiger charge is -2.13. The molecule has 1 aromatic heterocycles. The zero-order valence-corrected chi connectivity index (χ0v) is 17.6. The Labute approximate surface area is 168 Å². The van der Waals surface area contributed by atoms with Crippen LogP contribution in [0, 0.1) is 6.92 Å². The number of amides is 1. The number of benzene rings is 1. The number of hydrogen-bond donors (Lipinski definition) is 1. The second kappa shape index (κ2) is 9.50. The summed E-state index contributed by atoms with van der Waals surface area (Å²) in [6, 6.07) is 7.54. The number of esters is 1. The minimum absolute atomic E-state index is 0.171. The fourth-order valence-electron chi connectivity index (χ4n) is 2.78. The average molecular weight is 404 g/mol. The molecule has 0 unspecified atom stereocenters. The minimum atomic E-state index is -0.565. The summed E-state index contributed by atoms with van der Waals surface area (Å²) in [5.41, 5.74) is 1.73. The fraction of sp³-hybridized carbons (Fsp3) is 0.381. The minimum Gasteiger partial charge on any atom is -0.483 e. The van der Waals surface area contributed by atoms with E-state index in [-0.39, 0.29) is 30.5 Å². The Balaban J connectivity index is 2.19. The Kier molecular flexibility index (Phi) is 7.34. The molecule has 0 aliphatic rings. The van der Waals surface area contributed by atoms with E-state index in [1.165, 1.54) is 6.92 Å². The van der Waals surface area contributed by atoms with Crippen LogP contribution in [0.2, 0.25) is 0 Å². The highest BCUT2D eigenvalue weighted by Gasteiger charge is 2.25. The van der Waals surface area contributed by atoms with Crippen LogP contribution in [0.25, 0.3) is 0 Å². The Morgan fingerprint density at radius 2 is 1.86 bits per heavy atom. The number of ether oxygens (including phenoxy) is 2. The van der Waals surface area contributed by atoms with Gasteiger partial charge in [0, 0.05) is 0 Å². The number of thiophene rings is 1. The van der Waals surface area contributed by atoms with Crippen LogP contribution < -0.4 is 10.1 Å². The molecule has 2 rings (SSSR count). The van der Waals surface area contributed by atoms with E-state index in [4.69, 9.17) is 9.47 Å². The molecule has 0 radical (unpaired) electrons. The van der Waals surface area contributed by atoms with Crippen molar-refractivity contribution in [1.29, 1.82) is 0 Å². The Hall–Kier alpha value is -2.67. The molecule has 1 aromatic carbocycles. The van der Waals surface area contributed by atoms with Crippen LogP contribution in [0.1, 0.15) is 64.8 Å². The zero-order valence-electron chi connectivity index (χ0n) is 16.8. The highest BCUT2D eigenvalue weighted by molar-refractivity contribution is 7.18. The summed E-state index contributed by atoms with van der Waals surface area (Å²) < 4.78 is 10.7.